The number of fused-ring (bicyclic) bond motifs is 1. The van der Waals surface area contributed by atoms with Crippen molar-refractivity contribution in [3.05, 3.63) is 72.1 Å². The quantitative estimate of drug-likeness (QED) is 0.365. The van der Waals surface area contributed by atoms with Gasteiger partial charge in [-0.15, -0.1) is 0 Å². The van der Waals surface area contributed by atoms with Crippen LogP contribution in [-0.4, -0.2) is 56.7 Å². The van der Waals surface area contributed by atoms with E-state index in [2.05, 4.69) is 100 Å². The third-order valence-corrected chi connectivity index (χ3v) is 7.96. The lowest BCUT2D eigenvalue weighted by Gasteiger charge is -2.37. The van der Waals surface area contributed by atoms with E-state index in [9.17, 15) is 0 Å². The summed E-state index contributed by atoms with van der Waals surface area (Å²) in [5, 5.41) is 5.99. The van der Waals surface area contributed by atoms with Crippen molar-refractivity contribution in [2.45, 2.75) is 64.5 Å². The zero-order valence-electron chi connectivity index (χ0n) is 22.9. The molecule has 2 aliphatic rings. The molecule has 0 spiro atoms. The van der Waals surface area contributed by atoms with Gasteiger partial charge in [0.25, 0.3) is 0 Å². The van der Waals surface area contributed by atoms with Gasteiger partial charge >= 0.3 is 0 Å². The van der Waals surface area contributed by atoms with E-state index in [4.69, 9.17) is 9.97 Å². The molecule has 1 aliphatic carbocycles. The zero-order valence-corrected chi connectivity index (χ0v) is 22.9. The minimum absolute atomic E-state index is 0.131. The van der Waals surface area contributed by atoms with E-state index in [1.54, 1.807) is 0 Å². The van der Waals surface area contributed by atoms with Gasteiger partial charge < -0.3 is 10.3 Å². The highest BCUT2D eigenvalue weighted by molar-refractivity contribution is 5.81. The van der Waals surface area contributed by atoms with Gasteiger partial charge in [-0.1, -0.05) is 70.0 Å². The maximum Gasteiger partial charge on any atom is 0.223 e. The van der Waals surface area contributed by atoms with Gasteiger partial charge in [0.2, 0.25) is 5.95 Å². The number of hydrogen-bond donors (Lipinski definition) is 1. The molecule has 2 fully saturated rings. The number of nitrogens with one attached hydrogen (secondary N) is 1. The third kappa shape index (κ3) is 5.25. The Hall–Kier alpha value is -3.45. The minimum atomic E-state index is 0.131. The second kappa shape index (κ2) is 10.4. The van der Waals surface area contributed by atoms with Crippen molar-refractivity contribution < 1.29 is 0 Å². The van der Waals surface area contributed by atoms with Crippen LogP contribution in [0, 0.1) is 0 Å². The monoisotopic (exact) mass is 509 g/mol. The SMILES string of the molecule is CC(C)(C)c1ccc(-c2nc3ccccc3n2N2CCN(Cc3ccnc(NC4CCCC4)n3)CC2)cc1. The summed E-state index contributed by atoms with van der Waals surface area (Å²) in [6.07, 6.45) is 6.95. The van der Waals surface area contributed by atoms with Crippen molar-refractivity contribution in [3.63, 3.8) is 0 Å². The lowest BCUT2D eigenvalue weighted by Crippen LogP contribution is -2.51. The smallest absolute Gasteiger partial charge is 0.223 e. The molecule has 2 aromatic carbocycles. The summed E-state index contributed by atoms with van der Waals surface area (Å²) in [7, 11) is 0. The molecule has 0 radical (unpaired) electrons. The van der Waals surface area contributed by atoms with Crippen LogP contribution < -0.4 is 10.3 Å². The van der Waals surface area contributed by atoms with Crippen molar-refractivity contribution in [1.82, 2.24) is 24.5 Å². The van der Waals surface area contributed by atoms with E-state index >= 15 is 0 Å². The molecule has 38 heavy (non-hydrogen) atoms. The standard InChI is InChI=1S/C31H39N7/c1-31(2,3)24-14-12-23(13-15-24)29-35-27-10-6-7-11-28(27)38(29)37-20-18-36(19-21-37)22-26-16-17-32-30(34-26)33-25-8-4-5-9-25/h6-7,10-17,25H,4-5,8-9,18-22H2,1-3H3,(H,32,33,34). The van der Waals surface area contributed by atoms with E-state index in [0.717, 1.165) is 66.8 Å². The van der Waals surface area contributed by atoms with Gasteiger partial charge in [0.1, 0.15) is 0 Å². The third-order valence-electron chi connectivity index (χ3n) is 7.96. The lowest BCUT2D eigenvalue weighted by atomic mass is 9.87. The van der Waals surface area contributed by atoms with E-state index in [1.807, 2.05) is 6.20 Å². The highest BCUT2D eigenvalue weighted by atomic mass is 15.6. The first-order chi connectivity index (χ1) is 18.4. The summed E-state index contributed by atoms with van der Waals surface area (Å²) in [5.41, 5.74) is 5.90. The molecule has 0 unspecified atom stereocenters. The molecular weight excluding hydrogens is 470 g/mol. The number of hydrogen-bond acceptors (Lipinski definition) is 6. The molecule has 0 bridgehead atoms. The first-order valence-corrected chi connectivity index (χ1v) is 14.1. The van der Waals surface area contributed by atoms with Gasteiger partial charge in [-0.2, -0.15) is 0 Å². The Balaban J connectivity index is 1.18. The van der Waals surface area contributed by atoms with Crippen LogP contribution in [0.3, 0.4) is 0 Å². The maximum atomic E-state index is 5.07. The molecule has 0 atom stereocenters. The molecular formula is C31H39N7. The first-order valence-electron chi connectivity index (χ1n) is 14.1. The summed E-state index contributed by atoms with van der Waals surface area (Å²) < 4.78 is 2.34. The number of piperazine rings is 1. The Morgan fingerprint density at radius 2 is 1.61 bits per heavy atom. The molecule has 1 N–H and O–H groups in total. The van der Waals surface area contributed by atoms with Crippen molar-refractivity contribution >= 4 is 17.0 Å². The molecule has 1 saturated heterocycles. The van der Waals surface area contributed by atoms with E-state index in [-0.39, 0.29) is 5.41 Å². The second-order valence-electron chi connectivity index (χ2n) is 11.8. The Bertz CT molecular complexity index is 1370. The first kappa shape index (κ1) is 24.9. The number of para-hydroxylation sites is 2. The van der Waals surface area contributed by atoms with Gasteiger partial charge in [-0.05, 0) is 42.0 Å². The van der Waals surface area contributed by atoms with Crippen LogP contribution in [0.5, 0.6) is 0 Å². The van der Waals surface area contributed by atoms with Crippen molar-refractivity contribution in [2.75, 3.05) is 36.5 Å². The number of aromatic nitrogens is 4. The summed E-state index contributed by atoms with van der Waals surface area (Å²) in [5.74, 6) is 1.79. The van der Waals surface area contributed by atoms with Gasteiger partial charge in [-0.3, -0.25) is 4.90 Å². The van der Waals surface area contributed by atoms with Crippen molar-refractivity contribution in [1.29, 1.82) is 0 Å². The fraction of sp³-hybridized carbons (Fsp3) is 0.452. The molecule has 0 amide bonds. The molecule has 6 rings (SSSR count). The fourth-order valence-electron chi connectivity index (χ4n) is 5.74. The van der Waals surface area contributed by atoms with Gasteiger partial charge in [0.05, 0.1) is 16.7 Å². The Labute approximate surface area is 225 Å². The number of imidazole rings is 1. The van der Waals surface area contributed by atoms with Crippen LogP contribution in [0.25, 0.3) is 22.4 Å². The largest absolute Gasteiger partial charge is 0.351 e. The molecule has 1 saturated carbocycles. The van der Waals surface area contributed by atoms with Crippen LogP contribution >= 0.6 is 0 Å². The van der Waals surface area contributed by atoms with E-state index < -0.39 is 0 Å². The fourth-order valence-corrected chi connectivity index (χ4v) is 5.74. The molecule has 7 heteroatoms. The highest BCUT2D eigenvalue weighted by Gasteiger charge is 2.24. The van der Waals surface area contributed by atoms with Crippen molar-refractivity contribution in [3.8, 4) is 11.4 Å². The Morgan fingerprint density at radius 3 is 2.34 bits per heavy atom. The van der Waals surface area contributed by atoms with Gasteiger partial charge in [0.15, 0.2) is 5.82 Å². The molecule has 7 nitrogen and oxygen atoms in total. The number of benzene rings is 2. The van der Waals surface area contributed by atoms with Crippen molar-refractivity contribution in [2.24, 2.45) is 0 Å². The highest BCUT2D eigenvalue weighted by Crippen LogP contribution is 2.29. The van der Waals surface area contributed by atoms with Gasteiger partial charge in [0, 0.05) is 50.5 Å². The van der Waals surface area contributed by atoms with Crippen LogP contribution in [0.1, 0.15) is 57.7 Å². The van der Waals surface area contributed by atoms with E-state index in [0.29, 0.717) is 6.04 Å². The number of nitrogens with zero attached hydrogens (tertiary/aromatic N) is 6. The van der Waals surface area contributed by atoms with Crippen LogP contribution in [0.15, 0.2) is 60.8 Å². The summed E-state index contributed by atoms with van der Waals surface area (Å²) in [4.78, 5) is 16.9. The Morgan fingerprint density at radius 1 is 0.868 bits per heavy atom. The van der Waals surface area contributed by atoms with Crippen LogP contribution in [0.4, 0.5) is 5.95 Å². The summed E-state index contributed by atoms with van der Waals surface area (Å²) in [6.45, 7) is 11.4. The number of anilines is 1. The van der Waals surface area contributed by atoms with Crippen LogP contribution in [-0.2, 0) is 12.0 Å². The molecule has 198 valence electrons. The average Bonchev–Trinajstić information content (AvgIpc) is 3.57. The predicted molar refractivity (Wildman–Crippen MR) is 155 cm³/mol. The topological polar surface area (TPSA) is 62.1 Å². The van der Waals surface area contributed by atoms with E-state index in [1.165, 1.54) is 31.2 Å². The normalized spacial score (nSPS) is 17.4. The molecule has 2 aromatic heterocycles. The Kier molecular flexibility index (Phi) is 6.78. The summed E-state index contributed by atoms with van der Waals surface area (Å²) in [6, 6.07) is 20.0. The minimum Gasteiger partial charge on any atom is -0.351 e. The summed E-state index contributed by atoms with van der Waals surface area (Å²) >= 11 is 0. The predicted octanol–water partition coefficient (Wildman–Crippen LogP) is 5.60. The zero-order chi connectivity index (χ0) is 26.1. The second-order valence-corrected chi connectivity index (χ2v) is 11.8. The average molecular weight is 510 g/mol. The molecule has 4 aromatic rings. The van der Waals surface area contributed by atoms with Gasteiger partial charge in [-0.25, -0.2) is 19.6 Å². The number of rotatable bonds is 6. The maximum absolute atomic E-state index is 5.07. The molecule has 3 heterocycles. The molecule has 1 aliphatic heterocycles. The van der Waals surface area contributed by atoms with Crippen LogP contribution in [0.2, 0.25) is 0 Å². The lowest BCUT2D eigenvalue weighted by molar-refractivity contribution is 0.231.